The van der Waals surface area contributed by atoms with E-state index in [1.165, 1.54) is 25.7 Å². The maximum Gasteiger partial charge on any atom is -0.0329 e. The monoisotopic (exact) mass is 310 g/mol. The van der Waals surface area contributed by atoms with Gasteiger partial charge >= 0.3 is 0 Å². The lowest BCUT2D eigenvalue weighted by Gasteiger charge is -2.38. The van der Waals surface area contributed by atoms with Crippen LogP contribution in [-0.4, -0.2) is 0 Å². The van der Waals surface area contributed by atoms with Crippen LogP contribution < -0.4 is 0 Å². The molecule has 0 aliphatic carbocycles. The molecule has 5 atom stereocenters. The molecule has 0 rings (SSSR count). The van der Waals surface area contributed by atoms with Crippen LogP contribution in [0.5, 0.6) is 0 Å². The molecule has 0 aliphatic rings. The molecular weight excluding hydrogens is 264 g/mol. The second-order valence-corrected chi connectivity index (χ2v) is 10.3. The minimum atomic E-state index is 0.451. The molecule has 5 unspecified atom stereocenters. The van der Waals surface area contributed by atoms with E-state index in [2.05, 4.69) is 76.2 Å². The smallest absolute Gasteiger partial charge is 0.0329 e. The van der Waals surface area contributed by atoms with E-state index in [1.54, 1.807) is 0 Å². The molecule has 0 aromatic rings. The summed E-state index contributed by atoms with van der Waals surface area (Å²) in [7, 11) is 0. The Kier molecular flexibility index (Phi) is 8.74. The summed E-state index contributed by atoms with van der Waals surface area (Å²) in [4.78, 5) is 0. The zero-order valence-electron chi connectivity index (χ0n) is 17.7. The van der Waals surface area contributed by atoms with Gasteiger partial charge in [-0.05, 0) is 59.7 Å². The Morgan fingerprint density at radius 2 is 1.18 bits per heavy atom. The Labute approximate surface area is 142 Å². The summed E-state index contributed by atoms with van der Waals surface area (Å²) in [5, 5.41) is 0. The summed E-state index contributed by atoms with van der Waals surface area (Å²) in [5.41, 5.74) is 0.941. The molecule has 0 aromatic heterocycles. The van der Waals surface area contributed by atoms with Crippen molar-refractivity contribution in [2.75, 3.05) is 0 Å². The summed E-state index contributed by atoms with van der Waals surface area (Å²) in [6, 6.07) is 0. The molecule has 0 N–H and O–H groups in total. The minimum Gasteiger partial charge on any atom is -0.0654 e. The van der Waals surface area contributed by atoms with Crippen molar-refractivity contribution in [3.05, 3.63) is 0 Å². The SMILES string of the molecule is CCCC(C)(C)C(C)CC(C)C(C)C(C)C(C)CC(C)(C)C. The third kappa shape index (κ3) is 7.51. The molecule has 0 radical (unpaired) electrons. The van der Waals surface area contributed by atoms with Gasteiger partial charge in [-0.3, -0.25) is 0 Å². The Balaban J connectivity index is 4.62. The third-order valence-electron chi connectivity index (χ3n) is 6.51. The molecule has 0 bridgehead atoms. The van der Waals surface area contributed by atoms with Crippen LogP contribution in [0, 0.1) is 40.4 Å². The first-order valence-corrected chi connectivity index (χ1v) is 9.81. The van der Waals surface area contributed by atoms with Crippen LogP contribution in [0.1, 0.15) is 102 Å². The minimum absolute atomic E-state index is 0.451. The van der Waals surface area contributed by atoms with E-state index in [0.717, 1.165) is 29.6 Å². The summed E-state index contributed by atoms with van der Waals surface area (Å²) >= 11 is 0. The van der Waals surface area contributed by atoms with E-state index >= 15 is 0 Å². The van der Waals surface area contributed by atoms with Crippen molar-refractivity contribution in [2.24, 2.45) is 40.4 Å². The van der Waals surface area contributed by atoms with Crippen molar-refractivity contribution >= 4 is 0 Å². The standard InChI is InChI=1S/C22H46/c1-12-13-22(10,11)18(4)14-16(2)19(5)20(6)17(3)15-21(7,8)9/h16-20H,12-15H2,1-11H3. The van der Waals surface area contributed by atoms with E-state index in [0.29, 0.717) is 10.8 Å². The van der Waals surface area contributed by atoms with E-state index < -0.39 is 0 Å². The van der Waals surface area contributed by atoms with Gasteiger partial charge in [-0.15, -0.1) is 0 Å². The van der Waals surface area contributed by atoms with Gasteiger partial charge in [-0.2, -0.15) is 0 Å². The molecule has 0 fully saturated rings. The number of hydrogen-bond donors (Lipinski definition) is 0. The van der Waals surface area contributed by atoms with Crippen molar-refractivity contribution in [2.45, 2.75) is 102 Å². The van der Waals surface area contributed by atoms with Crippen LogP contribution in [-0.2, 0) is 0 Å². The van der Waals surface area contributed by atoms with Gasteiger partial charge < -0.3 is 0 Å². The predicted molar refractivity (Wildman–Crippen MR) is 103 cm³/mol. The maximum atomic E-state index is 2.49. The first-order chi connectivity index (χ1) is 9.81. The van der Waals surface area contributed by atoms with Gasteiger partial charge in [0, 0.05) is 0 Å². The topological polar surface area (TPSA) is 0 Å². The fourth-order valence-corrected chi connectivity index (χ4v) is 4.17. The zero-order chi connectivity index (χ0) is 17.7. The molecule has 0 heterocycles. The lowest BCUT2D eigenvalue weighted by Crippen LogP contribution is -2.29. The Morgan fingerprint density at radius 3 is 1.59 bits per heavy atom. The Bertz CT molecular complexity index is 294. The molecule has 134 valence electrons. The molecule has 0 saturated heterocycles. The average molecular weight is 311 g/mol. The number of hydrogen-bond acceptors (Lipinski definition) is 0. The summed E-state index contributed by atoms with van der Waals surface area (Å²) in [6.07, 6.45) is 5.37. The molecule has 0 aliphatic heterocycles. The Morgan fingerprint density at radius 1 is 0.727 bits per heavy atom. The fourth-order valence-electron chi connectivity index (χ4n) is 4.17. The Hall–Kier alpha value is 0. The van der Waals surface area contributed by atoms with Gasteiger partial charge in [-0.1, -0.05) is 82.6 Å². The van der Waals surface area contributed by atoms with E-state index in [9.17, 15) is 0 Å². The molecule has 0 nitrogen and oxygen atoms in total. The van der Waals surface area contributed by atoms with Crippen molar-refractivity contribution in [1.82, 2.24) is 0 Å². The third-order valence-corrected chi connectivity index (χ3v) is 6.51. The first kappa shape index (κ1) is 22.0. The van der Waals surface area contributed by atoms with Gasteiger partial charge in [0.05, 0.1) is 0 Å². The highest BCUT2D eigenvalue weighted by Crippen LogP contribution is 2.40. The second-order valence-electron chi connectivity index (χ2n) is 10.3. The summed E-state index contributed by atoms with van der Waals surface area (Å²) in [5.74, 6) is 4.09. The highest BCUT2D eigenvalue weighted by atomic mass is 14.4. The van der Waals surface area contributed by atoms with Crippen LogP contribution in [0.2, 0.25) is 0 Å². The van der Waals surface area contributed by atoms with Gasteiger partial charge in [0.2, 0.25) is 0 Å². The molecule has 0 amide bonds. The first-order valence-electron chi connectivity index (χ1n) is 9.81. The van der Waals surface area contributed by atoms with Gasteiger partial charge in [0.25, 0.3) is 0 Å². The van der Waals surface area contributed by atoms with Crippen LogP contribution in [0.4, 0.5) is 0 Å². The molecule has 0 spiro atoms. The van der Waals surface area contributed by atoms with Crippen LogP contribution in [0.3, 0.4) is 0 Å². The molecule has 0 aromatic carbocycles. The van der Waals surface area contributed by atoms with Crippen LogP contribution in [0.15, 0.2) is 0 Å². The molecule has 0 heteroatoms. The summed E-state index contributed by atoms with van der Waals surface area (Å²) < 4.78 is 0. The molecule has 22 heavy (non-hydrogen) atoms. The second kappa shape index (κ2) is 8.74. The summed E-state index contributed by atoms with van der Waals surface area (Å²) in [6.45, 7) is 26.8. The van der Waals surface area contributed by atoms with Crippen molar-refractivity contribution < 1.29 is 0 Å². The van der Waals surface area contributed by atoms with E-state index in [-0.39, 0.29) is 0 Å². The van der Waals surface area contributed by atoms with E-state index in [1.807, 2.05) is 0 Å². The average Bonchev–Trinajstić information content (AvgIpc) is 2.34. The lowest BCUT2D eigenvalue weighted by atomic mass is 9.68. The van der Waals surface area contributed by atoms with E-state index in [4.69, 9.17) is 0 Å². The van der Waals surface area contributed by atoms with Gasteiger partial charge in [0.1, 0.15) is 0 Å². The van der Waals surface area contributed by atoms with Crippen LogP contribution >= 0.6 is 0 Å². The maximum absolute atomic E-state index is 2.49. The zero-order valence-corrected chi connectivity index (χ0v) is 17.7. The largest absolute Gasteiger partial charge is 0.0654 e. The normalized spacial score (nSPS) is 20.3. The van der Waals surface area contributed by atoms with Crippen molar-refractivity contribution in [3.8, 4) is 0 Å². The molecule has 0 saturated carbocycles. The highest BCUT2D eigenvalue weighted by molar-refractivity contribution is 4.81. The van der Waals surface area contributed by atoms with Crippen molar-refractivity contribution in [3.63, 3.8) is 0 Å². The van der Waals surface area contributed by atoms with Crippen molar-refractivity contribution in [1.29, 1.82) is 0 Å². The highest BCUT2D eigenvalue weighted by Gasteiger charge is 2.31. The number of rotatable bonds is 9. The van der Waals surface area contributed by atoms with Crippen LogP contribution in [0.25, 0.3) is 0 Å². The fraction of sp³-hybridized carbons (Fsp3) is 1.00. The van der Waals surface area contributed by atoms with Gasteiger partial charge in [0.15, 0.2) is 0 Å². The quantitative estimate of drug-likeness (QED) is 0.407. The lowest BCUT2D eigenvalue weighted by molar-refractivity contribution is 0.120. The van der Waals surface area contributed by atoms with Gasteiger partial charge in [-0.25, -0.2) is 0 Å². The molecular formula is C22H46. The predicted octanol–water partition coefficient (Wildman–Crippen LogP) is 7.82.